The maximum atomic E-state index is 11.8. The normalized spacial score (nSPS) is 13.5. The van der Waals surface area contributed by atoms with Gasteiger partial charge in [-0.05, 0) is 59.8 Å². The van der Waals surface area contributed by atoms with Gasteiger partial charge < -0.3 is 15.7 Å². The first-order valence-electron chi connectivity index (χ1n) is 6.45. The molecule has 112 valence electrons. The summed E-state index contributed by atoms with van der Waals surface area (Å²) >= 11 is 3.16. The van der Waals surface area contributed by atoms with Crippen LogP contribution >= 0.6 is 23.1 Å². The molecule has 1 unspecified atom stereocenters. The molecule has 1 atom stereocenters. The molecule has 0 fully saturated rings. The van der Waals surface area contributed by atoms with Gasteiger partial charge in [0.25, 0.3) is 0 Å². The topological polar surface area (TPSA) is 61.4 Å². The average Bonchev–Trinajstić information content (AvgIpc) is 3.01. The average molecular weight is 322 g/mol. The molecule has 0 bridgehead atoms. The maximum Gasteiger partial charge on any atom is 0.319 e. The van der Waals surface area contributed by atoms with Gasteiger partial charge in [0, 0.05) is 10.6 Å². The summed E-state index contributed by atoms with van der Waals surface area (Å²) in [6.45, 7) is 1.83. The smallest absolute Gasteiger partial charge is 0.319 e. The molecule has 0 aliphatic rings. The largest absolute Gasteiger partial charge is 0.384 e. The Morgan fingerprint density at radius 2 is 2.05 bits per heavy atom. The molecule has 1 heterocycles. The summed E-state index contributed by atoms with van der Waals surface area (Å²) in [5.74, 6) is 0. The van der Waals surface area contributed by atoms with E-state index in [0.717, 1.165) is 16.1 Å². The first kappa shape index (κ1) is 15.9. The molecular weight excluding hydrogens is 304 g/mol. The highest BCUT2D eigenvalue weighted by atomic mass is 32.2. The van der Waals surface area contributed by atoms with Crippen molar-refractivity contribution in [1.29, 1.82) is 0 Å². The van der Waals surface area contributed by atoms with Crippen molar-refractivity contribution in [2.75, 3.05) is 18.1 Å². The number of thioether (sulfide) groups is 1. The molecule has 3 N–H and O–H groups in total. The highest BCUT2D eigenvalue weighted by molar-refractivity contribution is 7.98. The van der Waals surface area contributed by atoms with E-state index in [4.69, 9.17) is 0 Å². The summed E-state index contributed by atoms with van der Waals surface area (Å²) in [4.78, 5) is 13.0. The zero-order valence-electron chi connectivity index (χ0n) is 11.9. The predicted octanol–water partition coefficient (Wildman–Crippen LogP) is 3.50. The number of carbonyl (C=O) groups excluding carboxylic acids is 1. The molecule has 4 nitrogen and oxygen atoms in total. The molecule has 0 radical (unpaired) electrons. The SMILES string of the molecule is CSc1ccc(NC(=O)NCC(C)(O)c2ccsc2)cc1. The van der Waals surface area contributed by atoms with Gasteiger partial charge in [0.2, 0.25) is 0 Å². The third kappa shape index (κ3) is 4.49. The molecule has 0 saturated carbocycles. The molecule has 0 aliphatic carbocycles. The van der Waals surface area contributed by atoms with Crippen LogP contribution in [0.1, 0.15) is 12.5 Å². The number of thiophene rings is 1. The first-order chi connectivity index (χ1) is 10.0. The quantitative estimate of drug-likeness (QED) is 0.738. The van der Waals surface area contributed by atoms with Crippen LogP contribution in [-0.2, 0) is 5.60 Å². The van der Waals surface area contributed by atoms with Crippen LogP contribution in [0.5, 0.6) is 0 Å². The zero-order valence-corrected chi connectivity index (χ0v) is 13.6. The lowest BCUT2D eigenvalue weighted by Crippen LogP contribution is -2.40. The molecule has 21 heavy (non-hydrogen) atoms. The Labute approximate surface area is 132 Å². The Morgan fingerprint density at radius 1 is 1.33 bits per heavy atom. The Morgan fingerprint density at radius 3 is 2.62 bits per heavy atom. The highest BCUT2D eigenvalue weighted by Crippen LogP contribution is 2.22. The lowest BCUT2D eigenvalue weighted by molar-refractivity contribution is 0.0604. The summed E-state index contributed by atoms with van der Waals surface area (Å²) in [6, 6.07) is 9.11. The molecule has 0 saturated heterocycles. The second kappa shape index (κ2) is 6.98. The monoisotopic (exact) mass is 322 g/mol. The number of benzene rings is 1. The summed E-state index contributed by atoms with van der Waals surface area (Å²) in [5.41, 5.74) is 0.456. The fourth-order valence-corrected chi connectivity index (χ4v) is 2.97. The Bertz CT molecular complexity index is 580. The van der Waals surface area contributed by atoms with Crippen LogP contribution in [0.15, 0.2) is 46.0 Å². The third-order valence-corrected chi connectivity index (χ3v) is 4.51. The maximum absolute atomic E-state index is 11.8. The first-order valence-corrected chi connectivity index (χ1v) is 8.62. The summed E-state index contributed by atoms with van der Waals surface area (Å²) in [7, 11) is 0. The number of urea groups is 1. The van der Waals surface area contributed by atoms with E-state index in [2.05, 4.69) is 10.6 Å². The van der Waals surface area contributed by atoms with E-state index in [9.17, 15) is 9.90 Å². The number of nitrogens with one attached hydrogen (secondary N) is 2. The minimum absolute atomic E-state index is 0.151. The minimum Gasteiger partial charge on any atom is -0.384 e. The van der Waals surface area contributed by atoms with Crippen molar-refractivity contribution in [3.8, 4) is 0 Å². The number of amides is 2. The van der Waals surface area contributed by atoms with E-state index in [0.29, 0.717) is 0 Å². The highest BCUT2D eigenvalue weighted by Gasteiger charge is 2.24. The Kier molecular flexibility index (Phi) is 5.27. The van der Waals surface area contributed by atoms with Crippen molar-refractivity contribution >= 4 is 34.8 Å². The zero-order chi connectivity index (χ0) is 15.3. The van der Waals surface area contributed by atoms with E-state index in [1.165, 1.54) is 11.3 Å². The van der Waals surface area contributed by atoms with Crippen LogP contribution in [-0.4, -0.2) is 23.9 Å². The van der Waals surface area contributed by atoms with Crippen LogP contribution in [0, 0.1) is 0 Å². The number of hydrogen-bond donors (Lipinski definition) is 3. The van der Waals surface area contributed by atoms with Crippen LogP contribution in [0.3, 0.4) is 0 Å². The number of aliphatic hydroxyl groups is 1. The van der Waals surface area contributed by atoms with E-state index >= 15 is 0 Å². The number of rotatable bonds is 5. The van der Waals surface area contributed by atoms with Gasteiger partial charge in [0.15, 0.2) is 0 Å². The molecule has 2 amide bonds. The van der Waals surface area contributed by atoms with Gasteiger partial charge in [-0.2, -0.15) is 11.3 Å². The van der Waals surface area contributed by atoms with Gasteiger partial charge in [-0.3, -0.25) is 0 Å². The minimum atomic E-state index is -1.07. The van der Waals surface area contributed by atoms with Gasteiger partial charge in [-0.25, -0.2) is 4.79 Å². The van der Waals surface area contributed by atoms with Crippen molar-refractivity contribution in [3.63, 3.8) is 0 Å². The van der Waals surface area contributed by atoms with Gasteiger partial charge in [-0.1, -0.05) is 0 Å². The van der Waals surface area contributed by atoms with Crippen molar-refractivity contribution in [2.24, 2.45) is 0 Å². The number of hydrogen-bond acceptors (Lipinski definition) is 4. The standard InChI is InChI=1S/C15H18N2O2S2/c1-15(19,11-7-8-21-9-11)10-16-14(18)17-12-3-5-13(20-2)6-4-12/h3-9,19H,10H2,1-2H3,(H2,16,17,18). The lowest BCUT2D eigenvalue weighted by Gasteiger charge is -2.22. The molecule has 2 rings (SSSR count). The van der Waals surface area contributed by atoms with Crippen LogP contribution < -0.4 is 10.6 Å². The van der Waals surface area contributed by atoms with Crippen molar-refractivity contribution in [1.82, 2.24) is 5.32 Å². The van der Waals surface area contributed by atoms with Crippen LogP contribution in [0.4, 0.5) is 10.5 Å². The van der Waals surface area contributed by atoms with Crippen molar-refractivity contribution in [3.05, 3.63) is 46.7 Å². The third-order valence-electron chi connectivity index (χ3n) is 3.08. The second-order valence-corrected chi connectivity index (χ2v) is 6.48. The molecule has 0 spiro atoms. The molecule has 0 aliphatic heterocycles. The summed E-state index contributed by atoms with van der Waals surface area (Å²) < 4.78 is 0. The van der Waals surface area contributed by atoms with E-state index in [-0.39, 0.29) is 12.6 Å². The van der Waals surface area contributed by atoms with E-state index in [1.807, 2.05) is 47.3 Å². The second-order valence-electron chi connectivity index (χ2n) is 4.82. The number of anilines is 1. The lowest BCUT2D eigenvalue weighted by atomic mass is 9.99. The van der Waals surface area contributed by atoms with Gasteiger partial charge in [0.05, 0.1) is 6.54 Å². The fourth-order valence-electron chi connectivity index (χ4n) is 1.78. The van der Waals surface area contributed by atoms with Gasteiger partial charge >= 0.3 is 6.03 Å². The molecular formula is C15H18N2O2S2. The van der Waals surface area contributed by atoms with Crippen molar-refractivity contribution < 1.29 is 9.90 Å². The van der Waals surface area contributed by atoms with Gasteiger partial charge in [-0.15, -0.1) is 11.8 Å². The van der Waals surface area contributed by atoms with E-state index in [1.54, 1.807) is 18.7 Å². The van der Waals surface area contributed by atoms with Crippen LogP contribution in [0.25, 0.3) is 0 Å². The van der Waals surface area contributed by atoms with Crippen molar-refractivity contribution in [2.45, 2.75) is 17.4 Å². The predicted molar refractivity (Wildman–Crippen MR) is 89.1 cm³/mol. The molecule has 1 aromatic carbocycles. The number of carbonyl (C=O) groups is 1. The van der Waals surface area contributed by atoms with Crippen LogP contribution in [0.2, 0.25) is 0 Å². The molecule has 6 heteroatoms. The summed E-state index contributed by atoms with van der Waals surface area (Å²) in [6.07, 6.45) is 2.00. The summed E-state index contributed by atoms with van der Waals surface area (Å²) in [5, 5.41) is 19.5. The Hall–Kier alpha value is -1.50. The van der Waals surface area contributed by atoms with Gasteiger partial charge in [0.1, 0.15) is 5.60 Å². The molecule has 2 aromatic rings. The Balaban J connectivity index is 1.87. The van der Waals surface area contributed by atoms with E-state index < -0.39 is 5.60 Å². The fraction of sp³-hybridized carbons (Fsp3) is 0.267. The molecule has 1 aromatic heterocycles.